The van der Waals surface area contributed by atoms with Gasteiger partial charge in [-0.15, -0.1) is 0 Å². The van der Waals surface area contributed by atoms with Gasteiger partial charge in [0.15, 0.2) is 11.5 Å². The first-order chi connectivity index (χ1) is 10.1. The van der Waals surface area contributed by atoms with Crippen LogP contribution in [-0.4, -0.2) is 59.8 Å². The summed E-state index contributed by atoms with van der Waals surface area (Å²) in [6, 6.07) is 0. The number of ether oxygens (including phenoxy) is 1. The van der Waals surface area contributed by atoms with Crippen LogP contribution in [0.1, 0.15) is 19.1 Å². The maximum Gasteiger partial charge on any atom is 0.167 e. The summed E-state index contributed by atoms with van der Waals surface area (Å²) in [6.45, 7) is -0.390. The van der Waals surface area contributed by atoms with Gasteiger partial charge in [-0.25, -0.2) is 15.0 Å². The summed E-state index contributed by atoms with van der Waals surface area (Å²) < 4.78 is 7.36. The smallest absolute Gasteiger partial charge is 0.167 e. The molecular weight excluding hydrogens is 278 g/mol. The Labute approximate surface area is 120 Å². The lowest BCUT2D eigenvalue weighted by Gasteiger charge is -2.24. The molecule has 1 aliphatic heterocycles. The Morgan fingerprint density at radius 1 is 1.29 bits per heavy atom. The summed E-state index contributed by atoms with van der Waals surface area (Å²) in [4.78, 5) is 12.2. The fourth-order valence-electron chi connectivity index (χ4n) is 2.52. The van der Waals surface area contributed by atoms with Crippen molar-refractivity contribution in [1.82, 2.24) is 19.5 Å². The molecule has 1 aliphatic rings. The van der Waals surface area contributed by atoms with Gasteiger partial charge >= 0.3 is 0 Å². The molecule has 3 heterocycles. The average Bonchev–Trinajstić information content (AvgIpc) is 2.86. The molecule has 0 bridgehead atoms. The van der Waals surface area contributed by atoms with Crippen molar-refractivity contribution in [1.29, 1.82) is 0 Å². The summed E-state index contributed by atoms with van der Waals surface area (Å²) in [5.41, 5.74) is 6.71. The van der Waals surface area contributed by atoms with Crippen LogP contribution in [0.5, 0.6) is 0 Å². The van der Waals surface area contributed by atoms with Crippen LogP contribution in [0.3, 0.4) is 0 Å². The van der Waals surface area contributed by atoms with Gasteiger partial charge in [0.2, 0.25) is 0 Å². The maximum atomic E-state index is 9.88. The summed E-state index contributed by atoms with van der Waals surface area (Å²) in [6.07, 6.45) is 0.194. The molecular formula is C12H17N5O4. The minimum absolute atomic E-state index is 0.270. The summed E-state index contributed by atoms with van der Waals surface area (Å²) in [7, 11) is 0. The number of nitrogens with two attached hydrogens (primary N) is 1. The minimum atomic E-state index is -1.13. The fourth-order valence-corrected chi connectivity index (χ4v) is 2.52. The number of rotatable bonds is 2. The van der Waals surface area contributed by atoms with Crippen molar-refractivity contribution >= 4 is 17.0 Å². The molecule has 0 amide bonds. The van der Waals surface area contributed by atoms with E-state index in [0.717, 1.165) is 0 Å². The van der Waals surface area contributed by atoms with Gasteiger partial charge in [-0.1, -0.05) is 0 Å². The molecule has 21 heavy (non-hydrogen) atoms. The lowest BCUT2D eigenvalue weighted by Crippen LogP contribution is -2.39. The third-order valence-electron chi connectivity index (χ3n) is 3.69. The van der Waals surface area contributed by atoms with Crippen LogP contribution < -0.4 is 5.73 Å². The number of nitrogen functional groups attached to an aromatic ring is 1. The fraction of sp³-hybridized carbons (Fsp3) is 0.583. The predicted octanol–water partition coefficient (Wildman–Crippen LogP) is -1.20. The second-order valence-electron chi connectivity index (χ2n) is 5.03. The van der Waals surface area contributed by atoms with Crippen molar-refractivity contribution in [3.05, 3.63) is 12.7 Å². The van der Waals surface area contributed by atoms with E-state index in [1.807, 2.05) is 0 Å². The molecule has 2 aromatic heterocycles. The van der Waals surface area contributed by atoms with Crippen molar-refractivity contribution in [2.45, 2.75) is 37.4 Å². The standard InChI is InChI=1S/C12H17N5O4/c13-11-9-12(15-4-14-11)17(5-16-9)8-2-1-6(19)10(20)7(3-18)21-8/h4-8,10,18-20H,1-3H2,(H2,13,14,15)/t6-,7+,8+,10-/m0/s1. The van der Waals surface area contributed by atoms with E-state index in [4.69, 9.17) is 10.5 Å². The molecule has 0 aromatic carbocycles. The molecule has 2 aromatic rings. The lowest BCUT2D eigenvalue weighted by atomic mass is 10.1. The number of fused-ring (bicyclic) bond motifs is 1. The van der Waals surface area contributed by atoms with Gasteiger partial charge in [0.25, 0.3) is 0 Å². The van der Waals surface area contributed by atoms with Crippen LogP contribution >= 0.6 is 0 Å². The van der Waals surface area contributed by atoms with Gasteiger partial charge in [0.1, 0.15) is 30.3 Å². The number of aromatic nitrogens is 4. The number of aliphatic hydroxyl groups is 3. The monoisotopic (exact) mass is 295 g/mol. The molecule has 0 radical (unpaired) electrons. The van der Waals surface area contributed by atoms with E-state index in [9.17, 15) is 15.3 Å². The second-order valence-corrected chi connectivity index (χ2v) is 5.03. The molecule has 0 saturated carbocycles. The molecule has 5 N–H and O–H groups in total. The SMILES string of the molecule is Nc1ncnc2c1ncn2[C@H]1CC[C@H](O)[C@H](O)[C@@H](CO)O1. The number of hydrogen-bond donors (Lipinski definition) is 4. The second kappa shape index (κ2) is 5.53. The van der Waals surface area contributed by atoms with Crippen LogP contribution in [0.15, 0.2) is 12.7 Å². The van der Waals surface area contributed by atoms with Gasteiger partial charge < -0.3 is 25.8 Å². The first-order valence-corrected chi connectivity index (χ1v) is 6.67. The zero-order chi connectivity index (χ0) is 15.0. The van der Waals surface area contributed by atoms with E-state index in [0.29, 0.717) is 24.0 Å². The molecule has 1 fully saturated rings. The Bertz CT molecular complexity index is 633. The molecule has 0 aliphatic carbocycles. The van der Waals surface area contributed by atoms with Crippen LogP contribution in [0, 0.1) is 0 Å². The van der Waals surface area contributed by atoms with Crippen molar-refractivity contribution < 1.29 is 20.1 Å². The molecule has 9 nitrogen and oxygen atoms in total. The van der Waals surface area contributed by atoms with Gasteiger partial charge in [-0.05, 0) is 12.8 Å². The lowest BCUT2D eigenvalue weighted by molar-refractivity contribution is -0.128. The molecule has 0 spiro atoms. The normalized spacial score (nSPS) is 30.4. The summed E-state index contributed by atoms with van der Waals surface area (Å²) in [5, 5.41) is 29.0. The Kier molecular flexibility index (Phi) is 3.72. The highest BCUT2D eigenvalue weighted by Crippen LogP contribution is 2.29. The zero-order valence-electron chi connectivity index (χ0n) is 11.2. The zero-order valence-corrected chi connectivity index (χ0v) is 11.2. The Morgan fingerprint density at radius 2 is 2.10 bits per heavy atom. The number of aliphatic hydroxyl groups excluding tert-OH is 3. The van der Waals surface area contributed by atoms with Crippen molar-refractivity contribution in [3.8, 4) is 0 Å². The molecule has 4 atom stereocenters. The van der Waals surface area contributed by atoms with Gasteiger partial charge in [-0.3, -0.25) is 4.57 Å². The van der Waals surface area contributed by atoms with E-state index < -0.39 is 31.1 Å². The Morgan fingerprint density at radius 3 is 2.86 bits per heavy atom. The van der Waals surface area contributed by atoms with E-state index in [2.05, 4.69) is 15.0 Å². The first-order valence-electron chi connectivity index (χ1n) is 6.67. The molecule has 0 unspecified atom stereocenters. The highest BCUT2D eigenvalue weighted by Gasteiger charge is 2.34. The van der Waals surface area contributed by atoms with E-state index in [1.54, 1.807) is 4.57 Å². The van der Waals surface area contributed by atoms with Crippen molar-refractivity contribution in [2.24, 2.45) is 0 Å². The van der Waals surface area contributed by atoms with Crippen molar-refractivity contribution in [3.63, 3.8) is 0 Å². The highest BCUT2D eigenvalue weighted by molar-refractivity contribution is 5.81. The van der Waals surface area contributed by atoms with Crippen molar-refractivity contribution in [2.75, 3.05) is 12.3 Å². The topological polar surface area (TPSA) is 140 Å². The number of imidazole rings is 1. The van der Waals surface area contributed by atoms with Crippen LogP contribution in [0.25, 0.3) is 11.2 Å². The van der Waals surface area contributed by atoms with Crippen LogP contribution in [0.4, 0.5) is 5.82 Å². The van der Waals surface area contributed by atoms with E-state index >= 15 is 0 Å². The Balaban J connectivity index is 1.96. The molecule has 1 saturated heterocycles. The number of nitrogens with zero attached hydrogens (tertiary/aromatic N) is 4. The van der Waals surface area contributed by atoms with E-state index in [1.165, 1.54) is 12.7 Å². The van der Waals surface area contributed by atoms with E-state index in [-0.39, 0.29) is 5.82 Å². The largest absolute Gasteiger partial charge is 0.394 e. The third-order valence-corrected chi connectivity index (χ3v) is 3.69. The Hall–Kier alpha value is -1.81. The first kappa shape index (κ1) is 14.1. The number of hydrogen-bond acceptors (Lipinski definition) is 8. The van der Waals surface area contributed by atoms with Gasteiger partial charge in [0, 0.05) is 0 Å². The van der Waals surface area contributed by atoms with Gasteiger partial charge in [0.05, 0.1) is 19.0 Å². The average molecular weight is 295 g/mol. The molecule has 9 heteroatoms. The molecule has 3 rings (SSSR count). The maximum absolute atomic E-state index is 9.88. The summed E-state index contributed by atoms with van der Waals surface area (Å²) in [5.74, 6) is 0.270. The molecule has 114 valence electrons. The number of anilines is 1. The predicted molar refractivity (Wildman–Crippen MR) is 72.0 cm³/mol. The summed E-state index contributed by atoms with van der Waals surface area (Å²) >= 11 is 0. The van der Waals surface area contributed by atoms with Crippen LogP contribution in [0.2, 0.25) is 0 Å². The van der Waals surface area contributed by atoms with Gasteiger partial charge in [-0.2, -0.15) is 0 Å². The minimum Gasteiger partial charge on any atom is -0.394 e. The quantitative estimate of drug-likeness (QED) is 0.541. The van der Waals surface area contributed by atoms with Crippen LogP contribution in [-0.2, 0) is 4.74 Å². The third kappa shape index (κ3) is 2.44. The highest BCUT2D eigenvalue weighted by atomic mass is 16.5.